The molecule has 0 spiro atoms. The summed E-state index contributed by atoms with van der Waals surface area (Å²) in [5.74, 6) is 2.73. The minimum absolute atomic E-state index is 0.0326. The molecule has 2 heterocycles. The molecule has 0 radical (unpaired) electrons. The van der Waals surface area contributed by atoms with E-state index in [1.807, 2.05) is 24.3 Å². The number of terminal acetylenes is 1. The van der Waals surface area contributed by atoms with Gasteiger partial charge in [-0.1, -0.05) is 23.2 Å². The van der Waals surface area contributed by atoms with E-state index in [9.17, 15) is 14.7 Å². The van der Waals surface area contributed by atoms with E-state index < -0.39 is 12.1 Å². The molecular weight excluding hydrogens is 344 g/mol. The molecule has 1 fully saturated rings. The highest BCUT2D eigenvalue weighted by Gasteiger charge is 2.38. The summed E-state index contributed by atoms with van der Waals surface area (Å²) in [5, 5.41) is 13.7. The van der Waals surface area contributed by atoms with Crippen LogP contribution in [0.5, 0.6) is 0 Å². The van der Waals surface area contributed by atoms with Crippen molar-refractivity contribution in [2.75, 3.05) is 6.54 Å². The molecule has 1 aliphatic heterocycles. The van der Waals surface area contributed by atoms with E-state index in [0.717, 1.165) is 11.1 Å². The van der Waals surface area contributed by atoms with Crippen LogP contribution in [0.15, 0.2) is 34.9 Å². The van der Waals surface area contributed by atoms with Gasteiger partial charge < -0.3 is 14.5 Å². The lowest BCUT2D eigenvalue weighted by molar-refractivity contribution is -0.137. The number of hydrogen-bond acceptors (Lipinski definition) is 5. The van der Waals surface area contributed by atoms with Gasteiger partial charge in [-0.15, -0.1) is 6.42 Å². The van der Waals surface area contributed by atoms with Gasteiger partial charge >= 0.3 is 0 Å². The molecule has 1 amide bonds. The van der Waals surface area contributed by atoms with Crippen molar-refractivity contribution < 1.29 is 19.2 Å². The van der Waals surface area contributed by atoms with E-state index in [-0.39, 0.29) is 31.1 Å². The minimum atomic E-state index is -0.686. The Balaban J connectivity index is 1.61. The van der Waals surface area contributed by atoms with Crippen molar-refractivity contribution in [1.29, 1.82) is 0 Å². The number of rotatable bonds is 6. The molecule has 6 nitrogen and oxygen atoms in total. The maximum absolute atomic E-state index is 12.7. The first-order chi connectivity index (χ1) is 13.0. The summed E-state index contributed by atoms with van der Waals surface area (Å²) in [5.41, 5.74) is 2.50. The zero-order valence-electron chi connectivity index (χ0n) is 15.2. The normalized spacial score (nSPS) is 19.1. The molecule has 2 aromatic rings. The third-order valence-electron chi connectivity index (χ3n) is 4.75. The molecule has 1 aliphatic rings. The Bertz CT molecular complexity index is 863. The lowest BCUT2D eigenvalue weighted by atomic mass is 10.0. The SMILES string of the molecule is C#Cc1ccc(CCC(=O)[C@@H]2C[C@@H](O)CN2C(=O)Cc2cc(C)no2)cc1. The average molecular weight is 366 g/mol. The highest BCUT2D eigenvalue weighted by atomic mass is 16.5. The van der Waals surface area contributed by atoms with Crippen LogP contribution in [0.2, 0.25) is 0 Å². The summed E-state index contributed by atoms with van der Waals surface area (Å²) in [4.78, 5) is 26.7. The Labute approximate surface area is 158 Å². The van der Waals surface area contributed by atoms with Crippen molar-refractivity contribution in [2.45, 2.75) is 44.8 Å². The lowest BCUT2D eigenvalue weighted by Gasteiger charge is -2.23. The monoisotopic (exact) mass is 366 g/mol. The molecule has 1 N–H and O–H groups in total. The van der Waals surface area contributed by atoms with E-state index in [2.05, 4.69) is 11.1 Å². The molecule has 0 aliphatic carbocycles. The van der Waals surface area contributed by atoms with Gasteiger partial charge in [-0.3, -0.25) is 9.59 Å². The number of ketones is 1. The summed E-state index contributed by atoms with van der Waals surface area (Å²) in [6, 6.07) is 8.59. The van der Waals surface area contributed by atoms with Crippen LogP contribution < -0.4 is 0 Å². The van der Waals surface area contributed by atoms with Crippen molar-refractivity contribution in [2.24, 2.45) is 0 Å². The predicted octanol–water partition coefficient (Wildman–Crippen LogP) is 1.67. The highest BCUT2D eigenvalue weighted by Crippen LogP contribution is 2.22. The Morgan fingerprint density at radius 3 is 2.74 bits per heavy atom. The Morgan fingerprint density at radius 1 is 1.37 bits per heavy atom. The maximum Gasteiger partial charge on any atom is 0.231 e. The second kappa shape index (κ2) is 8.19. The van der Waals surface area contributed by atoms with Crippen LogP contribution in [-0.4, -0.2) is 45.5 Å². The zero-order valence-corrected chi connectivity index (χ0v) is 15.2. The topological polar surface area (TPSA) is 83.6 Å². The molecule has 0 bridgehead atoms. The van der Waals surface area contributed by atoms with Gasteiger partial charge in [0.05, 0.1) is 24.3 Å². The molecule has 27 heavy (non-hydrogen) atoms. The molecule has 3 rings (SSSR count). The van der Waals surface area contributed by atoms with E-state index >= 15 is 0 Å². The molecule has 1 saturated heterocycles. The van der Waals surface area contributed by atoms with Crippen molar-refractivity contribution in [3.63, 3.8) is 0 Å². The number of carbonyl (C=O) groups excluding carboxylic acids is 2. The van der Waals surface area contributed by atoms with Crippen molar-refractivity contribution in [3.8, 4) is 12.3 Å². The number of benzene rings is 1. The number of nitrogens with zero attached hydrogens (tertiary/aromatic N) is 2. The van der Waals surface area contributed by atoms with Gasteiger partial charge in [-0.05, 0) is 31.0 Å². The van der Waals surface area contributed by atoms with Crippen LogP contribution in [0.25, 0.3) is 0 Å². The third kappa shape index (κ3) is 4.63. The molecular formula is C21H22N2O4. The standard InChI is InChI=1S/C21H22N2O4/c1-3-15-4-6-16(7-5-15)8-9-20(25)19-11-17(24)13-23(19)21(26)12-18-10-14(2)22-27-18/h1,4-7,10,17,19,24H,8-9,11-13H2,2H3/t17-,19+/m1/s1. The van der Waals surface area contributed by atoms with Crippen LogP contribution in [0.1, 0.15) is 35.4 Å². The van der Waals surface area contributed by atoms with Crippen molar-refractivity contribution in [3.05, 3.63) is 52.9 Å². The molecule has 1 aromatic carbocycles. The summed E-state index contributed by atoms with van der Waals surface area (Å²) >= 11 is 0. The van der Waals surface area contributed by atoms with E-state index in [0.29, 0.717) is 24.3 Å². The number of β-amino-alcohol motifs (C(OH)–C–C–N with tert-alkyl or cyclic N) is 1. The molecule has 6 heteroatoms. The molecule has 140 valence electrons. The van der Waals surface area contributed by atoms with Crippen LogP contribution in [0.3, 0.4) is 0 Å². The Hall–Kier alpha value is -2.91. The predicted molar refractivity (Wildman–Crippen MR) is 98.8 cm³/mol. The fourth-order valence-electron chi connectivity index (χ4n) is 3.35. The molecule has 2 atom stereocenters. The number of aliphatic hydroxyl groups excluding tert-OH is 1. The number of aromatic nitrogens is 1. The fourth-order valence-corrected chi connectivity index (χ4v) is 3.35. The maximum atomic E-state index is 12.7. The number of amides is 1. The number of aryl methyl sites for hydroxylation is 2. The second-order valence-corrected chi connectivity index (χ2v) is 6.87. The van der Waals surface area contributed by atoms with Crippen LogP contribution in [0.4, 0.5) is 0 Å². The molecule has 1 aromatic heterocycles. The van der Waals surface area contributed by atoms with Gasteiger partial charge in [0, 0.05) is 31.0 Å². The summed E-state index contributed by atoms with van der Waals surface area (Å²) < 4.78 is 5.08. The second-order valence-electron chi connectivity index (χ2n) is 6.87. The number of carbonyl (C=O) groups is 2. The third-order valence-corrected chi connectivity index (χ3v) is 4.75. The smallest absolute Gasteiger partial charge is 0.231 e. The summed E-state index contributed by atoms with van der Waals surface area (Å²) in [6.07, 6.45) is 5.84. The van der Waals surface area contributed by atoms with Gasteiger partial charge in [0.2, 0.25) is 5.91 Å². The van der Waals surface area contributed by atoms with Gasteiger partial charge in [0.1, 0.15) is 5.76 Å². The van der Waals surface area contributed by atoms with Gasteiger partial charge in [0.25, 0.3) is 0 Å². The van der Waals surface area contributed by atoms with E-state index in [1.54, 1.807) is 13.0 Å². The Morgan fingerprint density at radius 2 is 2.11 bits per heavy atom. The van der Waals surface area contributed by atoms with Gasteiger partial charge in [-0.2, -0.15) is 0 Å². The quantitative estimate of drug-likeness (QED) is 0.787. The first kappa shape index (κ1) is 18.9. The number of Topliss-reactive ketones (excluding diaryl/α,β-unsaturated/α-hetero) is 1. The zero-order chi connectivity index (χ0) is 19.4. The van der Waals surface area contributed by atoms with E-state index in [1.165, 1.54) is 4.90 Å². The first-order valence-corrected chi connectivity index (χ1v) is 8.94. The first-order valence-electron chi connectivity index (χ1n) is 8.94. The summed E-state index contributed by atoms with van der Waals surface area (Å²) in [7, 11) is 0. The minimum Gasteiger partial charge on any atom is -0.391 e. The van der Waals surface area contributed by atoms with Crippen molar-refractivity contribution in [1.82, 2.24) is 10.1 Å². The highest BCUT2D eigenvalue weighted by molar-refractivity contribution is 5.90. The van der Waals surface area contributed by atoms with Gasteiger partial charge in [-0.25, -0.2) is 0 Å². The largest absolute Gasteiger partial charge is 0.391 e. The number of aliphatic hydroxyl groups is 1. The lowest BCUT2D eigenvalue weighted by Crippen LogP contribution is -2.41. The van der Waals surface area contributed by atoms with Crippen LogP contribution in [-0.2, 0) is 22.4 Å². The van der Waals surface area contributed by atoms with Crippen LogP contribution in [0, 0.1) is 19.3 Å². The van der Waals surface area contributed by atoms with Crippen LogP contribution >= 0.6 is 0 Å². The number of hydrogen-bond donors (Lipinski definition) is 1. The molecule has 0 unspecified atom stereocenters. The average Bonchev–Trinajstić information content (AvgIpc) is 3.25. The summed E-state index contributed by atoms with van der Waals surface area (Å²) in [6.45, 7) is 1.94. The van der Waals surface area contributed by atoms with E-state index in [4.69, 9.17) is 10.9 Å². The fraction of sp³-hybridized carbons (Fsp3) is 0.381. The molecule has 0 saturated carbocycles. The van der Waals surface area contributed by atoms with Crippen molar-refractivity contribution >= 4 is 11.7 Å². The number of likely N-dealkylation sites (tertiary alicyclic amines) is 1. The van der Waals surface area contributed by atoms with Gasteiger partial charge in [0.15, 0.2) is 5.78 Å². The Kier molecular flexibility index (Phi) is 5.72.